The molecule has 3 heterocycles. The minimum Gasteiger partial charge on any atom is -0.478 e. The molecule has 2 unspecified atom stereocenters. The van der Waals surface area contributed by atoms with Gasteiger partial charge in [0.15, 0.2) is 0 Å². The number of aromatic nitrogens is 2. The van der Waals surface area contributed by atoms with Gasteiger partial charge in [-0.2, -0.15) is 0 Å². The van der Waals surface area contributed by atoms with Crippen molar-refractivity contribution in [2.45, 2.75) is 63.6 Å². The maximum Gasteiger partial charge on any atom is 0.218 e. The van der Waals surface area contributed by atoms with E-state index >= 15 is 0 Å². The van der Waals surface area contributed by atoms with Gasteiger partial charge in [0.1, 0.15) is 12.1 Å². The van der Waals surface area contributed by atoms with Crippen molar-refractivity contribution in [3.05, 3.63) is 12.4 Å². The molecule has 0 radical (unpaired) electrons. The number of fused-ring (bicyclic) bond motifs is 2. The van der Waals surface area contributed by atoms with E-state index in [1.165, 1.54) is 32.1 Å². The monoisotopic (exact) mass is 290 g/mol. The molecule has 2 aliphatic heterocycles. The molecule has 1 N–H and O–H groups in total. The smallest absolute Gasteiger partial charge is 0.218 e. The Morgan fingerprint density at radius 1 is 1.29 bits per heavy atom. The Labute approximate surface area is 127 Å². The molecule has 116 valence electrons. The highest BCUT2D eigenvalue weighted by Gasteiger charge is 2.35. The van der Waals surface area contributed by atoms with Crippen molar-refractivity contribution in [1.29, 1.82) is 0 Å². The predicted molar refractivity (Wildman–Crippen MR) is 83.7 cm³/mol. The van der Waals surface area contributed by atoms with E-state index < -0.39 is 0 Å². The molecule has 1 aromatic heterocycles. The molecule has 0 aliphatic carbocycles. The number of nitrogens with one attached hydrogen (secondary N) is 1. The van der Waals surface area contributed by atoms with E-state index in [-0.39, 0.29) is 0 Å². The van der Waals surface area contributed by atoms with Crippen LogP contribution in [0.2, 0.25) is 0 Å². The fourth-order valence-corrected chi connectivity index (χ4v) is 3.65. The minimum atomic E-state index is 0.519. The zero-order chi connectivity index (χ0) is 14.7. The Balaban J connectivity index is 1.61. The van der Waals surface area contributed by atoms with E-state index in [4.69, 9.17) is 4.74 Å². The van der Waals surface area contributed by atoms with Gasteiger partial charge in [-0.15, -0.1) is 0 Å². The summed E-state index contributed by atoms with van der Waals surface area (Å²) < 4.78 is 5.58. The van der Waals surface area contributed by atoms with Crippen LogP contribution < -0.4 is 10.1 Å². The van der Waals surface area contributed by atoms with Crippen LogP contribution >= 0.6 is 0 Å². The Bertz CT molecular complexity index is 453. The van der Waals surface area contributed by atoms with Crippen molar-refractivity contribution in [2.75, 3.05) is 19.0 Å². The molecule has 0 spiro atoms. The highest BCUT2D eigenvalue weighted by Crippen LogP contribution is 2.33. The summed E-state index contributed by atoms with van der Waals surface area (Å²) in [4.78, 5) is 11.1. The average molecular weight is 290 g/mol. The van der Waals surface area contributed by atoms with E-state index in [1.807, 2.05) is 6.07 Å². The van der Waals surface area contributed by atoms with Gasteiger partial charge in [-0.1, -0.05) is 13.3 Å². The predicted octanol–water partition coefficient (Wildman–Crippen LogP) is 2.69. The quantitative estimate of drug-likeness (QED) is 0.903. The van der Waals surface area contributed by atoms with Crippen molar-refractivity contribution in [3.63, 3.8) is 0 Å². The Hall–Kier alpha value is -1.36. The molecule has 2 atom stereocenters. The SMILES string of the molecule is CCCOc1cc(NC2CC3CCCC(C2)N3C)ncn1. The average Bonchev–Trinajstić information content (AvgIpc) is 2.47. The molecule has 2 bridgehead atoms. The molecule has 2 fully saturated rings. The summed E-state index contributed by atoms with van der Waals surface area (Å²) in [5.41, 5.74) is 0. The third-order valence-corrected chi connectivity index (χ3v) is 4.79. The molecule has 5 heteroatoms. The molecular weight excluding hydrogens is 264 g/mol. The number of nitrogens with zero attached hydrogens (tertiary/aromatic N) is 3. The zero-order valence-corrected chi connectivity index (χ0v) is 13.1. The van der Waals surface area contributed by atoms with Gasteiger partial charge in [0.2, 0.25) is 5.88 Å². The molecule has 1 aromatic rings. The van der Waals surface area contributed by atoms with Gasteiger partial charge in [-0.3, -0.25) is 0 Å². The van der Waals surface area contributed by atoms with Crippen LogP contribution in [0.1, 0.15) is 45.4 Å². The first kappa shape index (κ1) is 14.6. The van der Waals surface area contributed by atoms with Gasteiger partial charge in [0.05, 0.1) is 6.61 Å². The second-order valence-electron chi connectivity index (χ2n) is 6.31. The summed E-state index contributed by atoms with van der Waals surface area (Å²) in [6.45, 7) is 2.80. The first-order valence-electron chi connectivity index (χ1n) is 8.19. The number of anilines is 1. The lowest BCUT2D eigenvalue weighted by Gasteiger charge is -2.47. The van der Waals surface area contributed by atoms with Crippen molar-refractivity contribution in [3.8, 4) is 5.88 Å². The van der Waals surface area contributed by atoms with Crippen molar-refractivity contribution in [2.24, 2.45) is 0 Å². The first-order chi connectivity index (χ1) is 10.3. The van der Waals surface area contributed by atoms with Gasteiger partial charge in [-0.25, -0.2) is 9.97 Å². The molecule has 21 heavy (non-hydrogen) atoms. The summed E-state index contributed by atoms with van der Waals surface area (Å²) in [7, 11) is 2.28. The molecular formula is C16H26N4O. The highest BCUT2D eigenvalue weighted by molar-refractivity contribution is 5.38. The zero-order valence-electron chi connectivity index (χ0n) is 13.1. The molecule has 3 rings (SSSR count). The van der Waals surface area contributed by atoms with Gasteiger partial charge < -0.3 is 15.0 Å². The lowest BCUT2D eigenvalue weighted by molar-refractivity contribution is 0.0608. The minimum absolute atomic E-state index is 0.519. The Kier molecular flexibility index (Phi) is 4.58. The Morgan fingerprint density at radius 2 is 2.05 bits per heavy atom. The third kappa shape index (κ3) is 3.46. The second-order valence-corrected chi connectivity index (χ2v) is 6.31. The first-order valence-corrected chi connectivity index (χ1v) is 8.19. The second kappa shape index (κ2) is 6.60. The third-order valence-electron chi connectivity index (χ3n) is 4.79. The maximum absolute atomic E-state index is 5.58. The molecule has 5 nitrogen and oxygen atoms in total. The van der Waals surface area contributed by atoms with Crippen LogP contribution in [0.5, 0.6) is 5.88 Å². The standard InChI is InChI=1S/C16H26N4O/c1-3-7-21-16-10-15(17-11-18-16)19-12-8-13-5-4-6-14(9-12)20(13)2/h10-14H,3-9H2,1-2H3,(H,17,18,19). The van der Waals surface area contributed by atoms with E-state index in [1.54, 1.807) is 6.33 Å². The van der Waals surface area contributed by atoms with Crippen LogP contribution in [0, 0.1) is 0 Å². The van der Waals surface area contributed by atoms with Gasteiger partial charge >= 0.3 is 0 Å². The number of hydrogen-bond acceptors (Lipinski definition) is 5. The Morgan fingerprint density at radius 3 is 2.76 bits per heavy atom. The van der Waals surface area contributed by atoms with Crippen LogP contribution in [0.15, 0.2) is 12.4 Å². The van der Waals surface area contributed by atoms with E-state index in [9.17, 15) is 0 Å². The molecule has 0 aromatic carbocycles. The maximum atomic E-state index is 5.58. The lowest BCUT2D eigenvalue weighted by atomic mass is 9.82. The van der Waals surface area contributed by atoms with Gasteiger partial charge in [0.25, 0.3) is 0 Å². The summed E-state index contributed by atoms with van der Waals surface area (Å²) in [5.74, 6) is 1.56. The lowest BCUT2D eigenvalue weighted by Crippen LogP contribution is -2.52. The van der Waals surface area contributed by atoms with E-state index in [2.05, 4.69) is 34.2 Å². The van der Waals surface area contributed by atoms with Gasteiger partial charge in [-0.05, 0) is 39.2 Å². The fourth-order valence-electron chi connectivity index (χ4n) is 3.65. The summed E-state index contributed by atoms with van der Waals surface area (Å²) in [6.07, 6.45) is 9.05. The largest absolute Gasteiger partial charge is 0.478 e. The summed E-state index contributed by atoms with van der Waals surface area (Å²) in [5, 5.41) is 3.59. The molecule has 2 saturated heterocycles. The number of piperidine rings is 2. The van der Waals surface area contributed by atoms with Crippen LogP contribution in [-0.2, 0) is 0 Å². The summed E-state index contributed by atoms with van der Waals surface area (Å²) in [6, 6.07) is 3.90. The van der Waals surface area contributed by atoms with E-state index in [0.29, 0.717) is 18.5 Å². The summed E-state index contributed by atoms with van der Waals surface area (Å²) >= 11 is 0. The van der Waals surface area contributed by atoms with E-state index in [0.717, 1.165) is 24.3 Å². The highest BCUT2D eigenvalue weighted by atomic mass is 16.5. The topological polar surface area (TPSA) is 50.3 Å². The normalized spacial score (nSPS) is 29.1. The van der Waals surface area contributed by atoms with Crippen LogP contribution in [0.4, 0.5) is 5.82 Å². The number of ether oxygens (including phenoxy) is 1. The van der Waals surface area contributed by atoms with Crippen molar-refractivity contribution >= 4 is 5.82 Å². The molecule has 0 saturated carbocycles. The van der Waals surface area contributed by atoms with Gasteiger partial charge in [0, 0.05) is 24.2 Å². The van der Waals surface area contributed by atoms with Crippen molar-refractivity contribution < 1.29 is 4.74 Å². The van der Waals surface area contributed by atoms with Crippen molar-refractivity contribution in [1.82, 2.24) is 14.9 Å². The molecule has 2 aliphatic rings. The van der Waals surface area contributed by atoms with Crippen LogP contribution in [0.25, 0.3) is 0 Å². The molecule has 0 amide bonds. The number of hydrogen-bond donors (Lipinski definition) is 1. The number of rotatable bonds is 5. The fraction of sp³-hybridized carbons (Fsp3) is 0.750. The van der Waals surface area contributed by atoms with Crippen LogP contribution in [0.3, 0.4) is 0 Å². The van der Waals surface area contributed by atoms with Crippen LogP contribution in [-0.4, -0.2) is 46.6 Å².